The monoisotopic (exact) mass is 493 g/mol. The molecule has 0 amide bonds. The van der Waals surface area contributed by atoms with Crippen molar-refractivity contribution in [3.8, 4) is 11.4 Å². The van der Waals surface area contributed by atoms with Crippen LogP contribution in [0.25, 0.3) is 22.3 Å². The highest BCUT2D eigenvalue weighted by molar-refractivity contribution is 5.91. The minimum Gasteiger partial charge on any atom is -0.457 e. The first-order valence-corrected chi connectivity index (χ1v) is 11.5. The van der Waals surface area contributed by atoms with Gasteiger partial charge in [0.2, 0.25) is 5.60 Å². The summed E-state index contributed by atoms with van der Waals surface area (Å²) in [6, 6.07) is 7.89. The Balaban J connectivity index is 1.67. The Bertz CT molecular complexity index is 1510. The summed E-state index contributed by atoms with van der Waals surface area (Å²) in [5.41, 5.74) is -0.00390. The summed E-state index contributed by atoms with van der Waals surface area (Å²) in [6.45, 7) is 5.35. The molecule has 0 N–H and O–H groups in total. The standard InChI is InChI=1S/C25H23N3O8/c1-4-25(36-24(31)35-11-13(2)3)17-9-20-21-14(10-27(20)22(29)16(17)12-34-23(25)30)8-15-18(26-21)6-5-7-19(15)28(32)33/h5-9,13H,4,10-12H2,1-3H3/t25-/m0/s1. The van der Waals surface area contributed by atoms with Crippen molar-refractivity contribution in [1.82, 2.24) is 9.55 Å². The molecule has 0 saturated heterocycles. The van der Waals surface area contributed by atoms with E-state index in [1.165, 1.54) is 10.6 Å². The van der Waals surface area contributed by atoms with Crippen molar-refractivity contribution in [3.63, 3.8) is 0 Å². The van der Waals surface area contributed by atoms with Crippen molar-refractivity contribution in [2.75, 3.05) is 6.61 Å². The van der Waals surface area contributed by atoms with Crippen molar-refractivity contribution in [2.45, 2.75) is 45.9 Å². The normalized spacial score (nSPS) is 17.8. The number of rotatable bonds is 5. The Morgan fingerprint density at radius 1 is 1.31 bits per heavy atom. The zero-order valence-corrected chi connectivity index (χ0v) is 19.9. The fourth-order valence-electron chi connectivity index (χ4n) is 4.71. The molecule has 4 heterocycles. The van der Waals surface area contributed by atoms with Crippen LogP contribution in [-0.2, 0) is 37.8 Å². The average Bonchev–Trinajstić information content (AvgIpc) is 3.20. The molecule has 2 aromatic heterocycles. The molecule has 186 valence electrons. The summed E-state index contributed by atoms with van der Waals surface area (Å²) >= 11 is 0. The second-order valence-electron chi connectivity index (χ2n) is 9.22. The maximum atomic E-state index is 13.5. The lowest BCUT2D eigenvalue weighted by molar-refractivity contribution is -0.383. The molecule has 0 spiro atoms. The van der Waals surface area contributed by atoms with Gasteiger partial charge in [0.05, 0.1) is 45.9 Å². The minimum absolute atomic E-state index is 0.0166. The number of ether oxygens (including phenoxy) is 3. The van der Waals surface area contributed by atoms with Gasteiger partial charge in [-0.15, -0.1) is 0 Å². The minimum atomic E-state index is -1.85. The molecule has 2 aliphatic rings. The number of carbonyl (C=O) groups excluding carboxylic acids is 2. The first-order valence-electron chi connectivity index (χ1n) is 11.5. The quantitative estimate of drug-likeness (QED) is 0.231. The van der Waals surface area contributed by atoms with Crippen molar-refractivity contribution in [1.29, 1.82) is 0 Å². The summed E-state index contributed by atoms with van der Waals surface area (Å²) in [7, 11) is 0. The smallest absolute Gasteiger partial charge is 0.457 e. The van der Waals surface area contributed by atoms with Crippen LogP contribution in [-0.4, -0.2) is 33.2 Å². The Hall–Kier alpha value is -4.28. The highest BCUT2D eigenvalue weighted by atomic mass is 16.7. The van der Waals surface area contributed by atoms with E-state index in [4.69, 9.17) is 14.2 Å². The number of nitrogens with zero attached hydrogens (tertiary/aromatic N) is 3. The number of hydrogen-bond acceptors (Lipinski definition) is 9. The first kappa shape index (κ1) is 23.5. The second-order valence-corrected chi connectivity index (χ2v) is 9.22. The number of nitro groups is 1. The van der Waals surface area contributed by atoms with E-state index < -0.39 is 28.2 Å². The van der Waals surface area contributed by atoms with Crippen LogP contribution < -0.4 is 5.56 Å². The van der Waals surface area contributed by atoms with Crippen LogP contribution in [0.2, 0.25) is 0 Å². The number of fused-ring (bicyclic) bond motifs is 5. The maximum absolute atomic E-state index is 13.5. The molecule has 0 radical (unpaired) electrons. The lowest BCUT2D eigenvalue weighted by Gasteiger charge is -2.35. The molecule has 1 atom stereocenters. The van der Waals surface area contributed by atoms with Gasteiger partial charge in [0.15, 0.2) is 0 Å². The number of benzene rings is 1. The topological polar surface area (TPSA) is 140 Å². The van der Waals surface area contributed by atoms with Gasteiger partial charge < -0.3 is 18.8 Å². The zero-order chi connectivity index (χ0) is 25.8. The molecule has 5 rings (SSSR count). The van der Waals surface area contributed by atoms with E-state index in [0.717, 1.165) is 0 Å². The van der Waals surface area contributed by atoms with Gasteiger partial charge >= 0.3 is 12.1 Å². The highest BCUT2D eigenvalue weighted by Crippen LogP contribution is 2.41. The van der Waals surface area contributed by atoms with Crippen LogP contribution in [0.15, 0.2) is 35.1 Å². The van der Waals surface area contributed by atoms with Crippen LogP contribution in [0, 0.1) is 16.0 Å². The summed E-state index contributed by atoms with van der Waals surface area (Å²) in [4.78, 5) is 54.6. The molecule has 0 aliphatic carbocycles. The highest BCUT2D eigenvalue weighted by Gasteiger charge is 2.51. The predicted octanol–water partition coefficient (Wildman–Crippen LogP) is 3.80. The van der Waals surface area contributed by atoms with Crippen LogP contribution in [0.3, 0.4) is 0 Å². The zero-order valence-electron chi connectivity index (χ0n) is 19.9. The van der Waals surface area contributed by atoms with E-state index in [-0.39, 0.29) is 48.9 Å². The third-order valence-electron chi connectivity index (χ3n) is 6.49. The Morgan fingerprint density at radius 3 is 2.78 bits per heavy atom. The summed E-state index contributed by atoms with van der Waals surface area (Å²) in [6.07, 6.45) is -1.02. The van der Waals surface area contributed by atoms with E-state index in [1.807, 2.05) is 13.8 Å². The average molecular weight is 493 g/mol. The molecule has 0 saturated carbocycles. The first-order chi connectivity index (χ1) is 17.2. The number of hydrogen-bond donors (Lipinski definition) is 0. The number of cyclic esters (lactones) is 1. The van der Waals surface area contributed by atoms with Gasteiger partial charge in [-0.1, -0.05) is 26.8 Å². The maximum Gasteiger partial charge on any atom is 0.509 e. The largest absolute Gasteiger partial charge is 0.509 e. The van der Waals surface area contributed by atoms with Crippen molar-refractivity contribution >= 4 is 28.7 Å². The van der Waals surface area contributed by atoms with E-state index in [9.17, 15) is 24.5 Å². The number of pyridine rings is 2. The number of nitro benzene ring substituents is 1. The number of non-ortho nitro benzene ring substituents is 1. The Labute approximate surface area is 204 Å². The number of esters is 1. The van der Waals surface area contributed by atoms with E-state index in [2.05, 4.69) is 4.98 Å². The van der Waals surface area contributed by atoms with Gasteiger partial charge in [-0.05, 0) is 30.5 Å². The van der Waals surface area contributed by atoms with Crippen LogP contribution in [0.1, 0.15) is 43.9 Å². The van der Waals surface area contributed by atoms with Crippen LogP contribution >= 0.6 is 0 Å². The van der Waals surface area contributed by atoms with Crippen molar-refractivity contribution in [2.24, 2.45) is 5.92 Å². The van der Waals surface area contributed by atoms with Gasteiger partial charge in [0.25, 0.3) is 11.2 Å². The van der Waals surface area contributed by atoms with Crippen molar-refractivity contribution < 1.29 is 28.7 Å². The lowest BCUT2D eigenvalue weighted by Crippen LogP contribution is -2.47. The molecular weight excluding hydrogens is 470 g/mol. The molecule has 0 fully saturated rings. The Kier molecular flexibility index (Phi) is 5.50. The van der Waals surface area contributed by atoms with Crippen LogP contribution in [0.4, 0.5) is 10.5 Å². The van der Waals surface area contributed by atoms with E-state index >= 15 is 0 Å². The number of aromatic nitrogens is 2. The molecule has 1 aromatic carbocycles. The van der Waals surface area contributed by atoms with Crippen LogP contribution in [0.5, 0.6) is 0 Å². The van der Waals surface area contributed by atoms with Gasteiger partial charge in [-0.2, -0.15) is 0 Å². The van der Waals surface area contributed by atoms with Gasteiger partial charge in [0.1, 0.15) is 6.61 Å². The SMILES string of the molecule is CC[C@@]1(OC(=O)OCC(C)C)C(=O)OCc2c1cc1n(c2=O)Cc2cc3c([N+](=O)[O-])cccc3nc2-1. The van der Waals surface area contributed by atoms with Gasteiger partial charge in [-0.25, -0.2) is 14.6 Å². The van der Waals surface area contributed by atoms with E-state index in [1.54, 1.807) is 31.2 Å². The summed E-state index contributed by atoms with van der Waals surface area (Å²) in [5.74, 6) is -0.731. The summed E-state index contributed by atoms with van der Waals surface area (Å²) < 4.78 is 17.5. The molecule has 11 heteroatoms. The molecule has 2 aliphatic heterocycles. The Morgan fingerprint density at radius 2 is 2.08 bits per heavy atom. The van der Waals surface area contributed by atoms with Gasteiger partial charge in [-0.3, -0.25) is 14.9 Å². The molecule has 0 unspecified atom stereocenters. The predicted molar refractivity (Wildman–Crippen MR) is 126 cm³/mol. The third-order valence-corrected chi connectivity index (χ3v) is 6.49. The van der Waals surface area contributed by atoms with E-state index in [0.29, 0.717) is 27.9 Å². The fourth-order valence-corrected chi connectivity index (χ4v) is 4.71. The second kappa shape index (κ2) is 8.43. The molecule has 11 nitrogen and oxygen atoms in total. The summed E-state index contributed by atoms with van der Waals surface area (Å²) in [5, 5.41) is 11.9. The molecule has 3 aromatic rings. The van der Waals surface area contributed by atoms with Gasteiger partial charge in [0, 0.05) is 17.2 Å². The third kappa shape index (κ3) is 3.50. The van der Waals surface area contributed by atoms with Crippen molar-refractivity contribution in [3.05, 3.63) is 67.5 Å². The molecule has 0 bridgehead atoms. The number of carbonyl (C=O) groups is 2. The molecular formula is C25H23N3O8. The fraction of sp³-hybridized carbons (Fsp3) is 0.360. The molecule has 36 heavy (non-hydrogen) atoms. The lowest BCUT2D eigenvalue weighted by atomic mass is 9.85.